The molecule has 0 spiro atoms. The predicted molar refractivity (Wildman–Crippen MR) is 129 cm³/mol. The molecule has 0 aliphatic carbocycles. The molecule has 0 N–H and O–H groups in total. The van der Waals surface area contributed by atoms with E-state index >= 15 is 0 Å². The molecule has 0 atom stereocenters. The molecule has 4 aromatic rings. The summed E-state index contributed by atoms with van der Waals surface area (Å²) in [5.41, 5.74) is 2.32. The number of benzene rings is 2. The molecule has 2 aromatic carbocycles. The molecule has 0 saturated carbocycles. The van der Waals surface area contributed by atoms with E-state index in [0.717, 1.165) is 43.0 Å². The maximum absolute atomic E-state index is 13.5. The van der Waals surface area contributed by atoms with Crippen LogP contribution in [0.4, 0.5) is 5.82 Å². The Hall–Kier alpha value is -3.22. The number of amides is 1. The van der Waals surface area contributed by atoms with Crippen molar-refractivity contribution in [2.75, 3.05) is 18.0 Å². The standard InChI is InChI=1S/C26H26N4OS/c31-26(24-12-7-19-32-24)30(25-15-18-29(27-25)22-10-5-2-6-11-22)23-13-16-28(17-14-23)20-21-8-3-1-4-9-21/h1-12,15,18-19,23H,13-14,16-17,20H2. The maximum atomic E-state index is 13.5. The number of nitrogens with zero attached hydrogens (tertiary/aromatic N) is 4. The summed E-state index contributed by atoms with van der Waals surface area (Å²) in [5.74, 6) is 0.758. The van der Waals surface area contributed by atoms with Crippen molar-refractivity contribution in [3.8, 4) is 5.69 Å². The highest BCUT2D eigenvalue weighted by atomic mass is 32.1. The molecule has 1 amide bonds. The summed E-state index contributed by atoms with van der Waals surface area (Å²) in [6.45, 7) is 2.88. The molecule has 0 radical (unpaired) electrons. The van der Waals surface area contributed by atoms with Gasteiger partial charge < -0.3 is 0 Å². The van der Waals surface area contributed by atoms with Gasteiger partial charge in [0.2, 0.25) is 0 Å². The number of aromatic nitrogens is 2. The molecule has 5 nitrogen and oxygen atoms in total. The van der Waals surface area contributed by atoms with E-state index in [1.165, 1.54) is 16.9 Å². The van der Waals surface area contributed by atoms with Crippen LogP contribution in [-0.4, -0.2) is 39.7 Å². The van der Waals surface area contributed by atoms with Gasteiger partial charge in [0.05, 0.1) is 10.6 Å². The van der Waals surface area contributed by atoms with E-state index in [1.807, 2.05) is 69.7 Å². The van der Waals surface area contributed by atoms with Crippen molar-refractivity contribution >= 4 is 23.1 Å². The first-order valence-electron chi connectivity index (χ1n) is 11.0. The molecule has 3 heterocycles. The van der Waals surface area contributed by atoms with Gasteiger partial charge in [-0.05, 0) is 42.0 Å². The number of para-hydroxylation sites is 1. The fourth-order valence-corrected chi connectivity index (χ4v) is 4.98. The summed E-state index contributed by atoms with van der Waals surface area (Å²) < 4.78 is 1.84. The lowest BCUT2D eigenvalue weighted by Crippen LogP contribution is -2.47. The highest BCUT2D eigenvalue weighted by Gasteiger charge is 2.31. The zero-order chi connectivity index (χ0) is 21.8. The van der Waals surface area contributed by atoms with Gasteiger partial charge in [-0.1, -0.05) is 54.6 Å². The Morgan fingerprint density at radius 3 is 2.34 bits per heavy atom. The number of hydrogen-bond donors (Lipinski definition) is 0. The minimum Gasteiger partial charge on any atom is -0.299 e. The number of thiophene rings is 1. The fraction of sp³-hybridized carbons (Fsp3) is 0.231. The molecular weight excluding hydrogens is 416 g/mol. The van der Waals surface area contributed by atoms with Crippen LogP contribution in [0.2, 0.25) is 0 Å². The SMILES string of the molecule is O=C(c1cccs1)N(c1ccn(-c2ccccc2)n1)C1CCN(Cc2ccccc2)CC1. The number of anilines is 1. The van der Waals surface area contributed by atoms with Gasteiger partial charge in [0.25, 0.3) is 5.91 Å². The Bertz CT molecular complexity index is 1130. The number of piperidine rings is 1. The van der Waals surface area contributed by atoms with Crippen molar-refractivity contribution in [2.24, 2.45) is 0 Å². The smallest absolute Gasteiger partial charge is 0.269 e. The van der Waals surface area contributed by atoms with Gasteiger partial charge >= 0.3 is 0 Å². The van der Waals surface area contributed by atoms with Crippen LogP contribution in [0.15, 0.2) is 90.4 Å². The monoisotopic (exact) mass is 442 g/mol. The lowest BCUT2D eigenvalue weighted by molar-refractivity contribution is 0.0961. The van der Waals surface area contributed by atoms with Crippen molar-refractivity contribution < 1.29 is 4.79 Å². The molecule has 5 rings (SSSR count). The quantitative estimate of drug-likeness (QED) is 0.410. The predicted octanol–water partition coefficient (Wildman–Crippen LogP) is 5.25. The van der Waals surface area contributed by atoms with Crippen molar-refractivity contribution in [3.05, 3.63) is 101 Å². The molecule has 0 bridgehead atoms. The zero-order valence-corrected chi connectivity index (χ0v) is 18.7. The van der Waals surface area contributed by atoms with Crippen LogP contribution in [0.1, 0.15) is 28.1 Å². The van der Waals surface area contributed by atoms with Crippen LogP contribution in [-0.2, 0) is 6.54 Å². The zero-order valence-electron chi connectivity index (χ0n) is 17.9. The molecule has 1 saturated heterocycles. The highest BCUT2D eigenvalue weighted by Crippen LogP contribution is 2.27. The Balaban J connectivity index is 1.36. The van der Waals surface area contributed by atoms with E-state index in [4.69, 9.17) is 5.10 Å². The first-order chi connectivity index (χ1) is 15.8. The van der Waals surface area contributed by atoms with E-state index in [0.29, 0.717) is 5.82 Å². The van der Waals surface area contributed by atoms with E-state index in [-0.39, 0.29) is 11.9 Å². The van der Waals surface area contributed by atoms with E-state index in [2.05, 4.69) is 35.2 Å². The number of likely N-dealkylation sites (tertiary alicyclic amines) is 1. The fourth-order valence-electron chi connectivity index (χ4n) is 4.32. The highest BCUT2D eigenvalue weighted by molar-refractivity contribution is 7.12. The van der Waals surface area contributed by atoms with Crippen molar-refractivity contribution in [1.82, 2.24) is 14.7 Å². The second-order valence-electron chi connectivity index (χ2n) is 8.10. The van der Waals surface area contributed by atoms with Gasteiger partial charge in [0.1, 0.15) is 0 Å². The summed E-state index contributed by atoms with van der Waals surface area (Å²) >= 11 is 1.49. The Morgan fingerprint density at radius 1 is 0.938 bits per heavy atom. The van der Waals surface area contributed by atoms with Crippen LogP contribution in [0.3, 0.4) is 0 Å². The average molecular weight is 443 g/mol. The minimum atomic E-state index is 0.0415. The molecule has 162 valence electrons. The third kappa shape index (κ3) is 4.52. The summed E-state index contributed by atoms with van der Waals surface area (Å²) in [4.78, 5) is 18.6. The largest absolute Gasteiger partial charge is 0.299 e. The number of carbonyl (C=O) groups is 1. The first kappa shape index (κ1) is 20.7. The molecule has 32 heavy (non-hydrogen) atoms. The molecule has 6 heteroatoms. The Labute approximate surface area is 192 Å². The molecular formula is C26H26N4OS. The van der Waals surface area contributed by atoms with Gasteiger partial charge in [0.15, 0.2) is 5.82 Å². The number of hydrogen-bond acceptors (Lipinski definition) is 4. The molecule has 1 aliphatic rings. The minimum absolute atomic E-state index is 0.0415. The summed E-state index contributed by atoms with van der Waals surface area (Å²) in [6, 6.07) is 26.5. The van der Waals surface area contributed by atoms with E-state index in [1.54, 1.807) is 0 Å². The third-order valence-electron chi connectivity index (χ3n) is 5.96. The van der Waals surface area contributed by atoms with E-state index in [9.17, 15) is 4.79 Å². The lowest BCUT2D eigenvalue weighted by Gasteiger charge is -2.37. The second kappa shape index (κ2) is 9.51. The molecule has 2 aromatic heterocycles. The summed E-state index contributed by atoms with van der Waals surface area (Å²) in [7, 11) is 0. The summed E-state index contributed by atoms with van der Waals surface area (Å²) in [5, 5.41) is 6.74. The maximum Gasteiger partial charge on any atom is 0.269 e. The van der Waals surface area contributed by atoms with Gasteiger partial charge in [0, 0.05) is 37.9 Å². The molecule has 1 fully saturated rings. The van der Waals surface area contributed by atoms with Crippen LogP contribution in [0.5, 0.6) is 0 Å². The normalized spacial score (nSPS) is 15.0. The lowest BCUT2D eigenvalue weighted by atomic mass is 10.0. The molecule has 0 unspecified atom stereocenters. The van der Waals surface area contributed by atoms with Gasteiger partial charge in [-0.15, -0.1) is 16.4 Å². The van der Waals surface area contributed by atoms with Crippen molar-refractivity contribution in [2.45, 2.75) is 25.4 Å². The third-order valence-corrected chi connectivity index (χ3v) is 6.82. The first-order valence-corrected chi connectivity index (χ1v) is 11.9. The Morgan fingerprint density at radius 2 is 1.66 bits per heavy atom. The number of rotatable bonds is 6. The van der Waals surface area contributed by atoms with Crippen molar-refractivity contribution in [1.29, 1.82) is 0 Å². The van der Waals surface area contributed by atoms with Crippen LogP contribution >= 0.6 is 11.3 Å². The second-order valence-corrected chi connectivity index (χ2v) is 9.05. The van der Waals surface area contributed by atoms with Crippen molar-refractivity contribution in [3.63, 3.8) is 0 Å². The van der Waals surface area contributed by atoms with Gasteiger partial charge in [-0.25, -0.2) is 4.68 Å². The van der Waals surface area contributed by atoms with Crippen LogP contribution in [0, 0.1) is 0 Å². The summed E-state index contributed by atoms with van der Waals surface area (Å²) in [6.07, 6.45) is 3.80. The van der Waals surface area contributed by atoms with Crippen LogP contribution < -0.4 is 4.90 Å². The Kier molecular flexibility index (Phi) is 6.14. The van der Waals surface area contributed by atoms with Gasteiger partial charge in [-0.2, -0.15) is 0 Å². The average Bonchev–Trinajstić information content (AvgIpc) is 3.55. The van der Waals surface area contributed by atoms with Gasteiger partial charge in [-0.3, -0.25) is 14.6 Å². The topological polar surface area (TPSA) is 41.4 Å². The number of carbonyl (C=O) groups excluding carboxylic acids is 1. The molecule has 1 aliphatic heterocycles. The van der Waals surface area contributed by atoms with E-state index < -0.39 is 0 Å². The van der Waals surface area contributed by atoms with Crippen LogP contribution in [0.25, 0.3) is 5.69 Å².